The molecule has 1 aliphatic heterocycles. The minimum Gasteiger partial charge on any atom is -0.462 e. The molecule has 0 fully saturated rings. The number of phosphoric ester groups is 2. The molecule has 71 heavy (non-hydrogen) atoms. The first kappa shape index (κ1) is 64.4. The quantitative estimate of drug-likeness (QED) is 0.0166. The van der Waals surface area contributed by atoms with Crippen molar-refractivity contribution in [3.05, 3.63) is 60.8 Å². The number of phosphoric acid groups is 2. The van der Waals surface area contributed by atoms with E-state index in [1.807, 2.05) is 6.92 Å². The molecule has 2 rings (SSSR count). The molecule has 0 spiro atoms. The van der Waals surface area contributed by atoms with Crippen molar-refractivity contribution in [1.82, 2.24) is 0 Å². The largest absolute Gasteiger partial charge is 0.472 e. The Labute approximate surface area is 421 Å². The van der Waals surface area contributed by atoms with Crippen LogP contribution in [0.25, 0.3) is 0 Å². The first-order chi connectivity index (χ1) is 33.9. The number of aliphatic hydroxyl groups is 5. The number of rotatable bonds is 27. The molecule has 408 valence electrons. The monoisotopic (exact) mass is 1050 g/mol. The van der Waals surface area contributed by atoms with Crippen LogP contribution in [0.2, 0.25) is 0 Å². The highest BCUT2D eigenvalue weighted by Crippen LogP contribution is 2.49. The molecule has 0 amide bonds. The van der Waals surface area contributed by atoms with Gasteiger partial charge in [-0.05, 0) is 70.3 Å². The third-order valence-electron chi connectivity index (χ3n) is 12.3. The van der Waals surface area contributed by atoms with E-state index < -0.39 is 107 Å². The summed E-state index contributed by atoms with van der Waals surface area (Å²) in [6, 6.07) is 0. The number of fused-ring (bicyclic) bond motifs is 4. The van der Waals surface area contributed by atoms with Crippen molar-refractivity contribution in [2.45, 2.75) is 217 Å². The minimum atomic E-state index is -5.76. The lowest BCUT2D eigenvalue weighted by Gasteiger charge is -2.38. The molecule has 2 aliphatic rings. The Kier molecular flexibility index (Phi) is 33.7. The summed E-state index contributed by atoms with van der Waals surface area (Å²) in [6.45, 7) is 2.59. The van der Waals surface area contributed by atoms with Gasteiger partial charge in [-0.1, -0.05) is 146 Å². The minimum absolute atomic E-state index is 0.0278. The Balaban J connectivity index is 2.20. The molecule has 0 saturated carbocycles. The number of carbonyl (C=O) groups excluding carboxylic acids is 3. The van der Waals surface area contributed by atoms with Crippen molar-refractivity contribution in [2.24, 2.45) is 11.8 Å². The number of ether oxygens (including phenoxy) is 2. The standard InChI is InChI=1S/C51H86O18P2/c1-3-5-7-8-9-10-11-12-13-14-15-16-17-18-19-20-21-22-28-32-45(55)67-41-37-65-44(54)31-27-24-23-26-29-39-33-36-43(53)42(35-34-40(52)30-25-6-4-2)47(57)50(68-70(60,61)62)51(49(59)48(58)46(39)56)69-71(63,64)66-38-41/h9-10,12-13,23,26,33-36,39-42,46-52,56-59H,3-8,11,14-22,24-25,27-32,37-38H2,1-2H3,(H,63,64)(H2,60,61,62)/b10-9-,13-12-,26-23-,35-34+,36-33-/t39-,40-,41+,42-,46+,47+,48-,49+,50+,51-/m0/s1. The van der Waals surface area contributed by atoms with Crippen LogP contribution in [0, 0.1) is 11.8 Å². The molecule has 20 heteroatoms. The normalized spacial score (nSPS) is 29.4. The molecule has 0 aromatic heterocycles. The van der Waals surface area contributed by atoms with Crippen LogP contribution < -0.4 is 0 Å². The predicted molar refractivity (Wildman–Crippen MR) is 268 cm³/mol. The summed E-state index contributed by atoms with van der Waals surface area (Å²) < 4.78 is 52.2. The van der Waals surface area contributed by atoms with Crippen LogP contribution in [0.4, 0.5) is 0 Å². The van der Waals surface area contributed by atoms with Crippen molar-refractivity contribution >= 4 is 33.4 Å². The Morgan fingerprint density at radius 1 is 0.817 bits per heavy atom. The van der Waals surface area contributed by atoms with Gasteiger partial charge in [-0.15, -0.1) is 0 Å². The van der Waals surface area contributed by atoms with Crippen LogP contribution in [0.5, 0.6) is 0 Å². The summed E-state index contributed by atoms with van der Waals surface area (Å²) in [5, 5.41) is 56.6. The van der Waals surface area contributed by atoms with Gasteiger partial charge in [-0.3, -0.25) is 28.0 Å². The van der Waals surface area contributed by atoms with Gasteiger partial charge in [-0.25, -0.2) is 9.13 Å². The Morgan fingerprint density at radius 3 is 2.08 bits per heavy atom. The molecule has 18 nitrogen and oxygen atoms in total. The summed E-state index contributed by atoms with van der Waals surface area (Å²) in [7, 11) is -11.4. The first-order valence-corrected chi connectivity index (χ1v) is 28.9. The Morgan fingerprint density at radius 2 is 1.44 bits per heavy atom. The number of aliphatic hydroxyl groups excluding tert-OH is 5. The van der Waals surface area contributed by atoms with E-state index in [0.29, 0.717) is 25.7 Å². The van der Waals surface area contributed by atoms with Crippen molar-refractivity contribution in [3.8, 4) is 0 Å². The number of ketones is 1. The first-order valence-electron chi connectivity index (χ1n) is 25.9. The average Bonchev–Trinajstić information content (AvgIpc) is 3.32. The molecule has 8 N–H and O–H groups in total. The number of unbranched alkanes of at least 4 members (excludes halogenated alkanes) is 14. The second-order valence-corrected chi connectivity index (χ2v) is 21.1. The molecule has 0 aromatic rings. The maximum Gasteiger partial charge on any atom is 0.472 e. The molecule has 0 aromatic carbocycles. The van der Waals surface area contributed by atoms with Crippen LogP contribution in [0.15, 0.2) is 60.8 Å². The second-order valence-electron chi connectivity index (χ2n) is 18.5. The van der Waals surface area contributed by atoms with E-state index in [1.54, 1.807) is 12.2 Å². The predicted octanol–water partition coefficient (Wildman–Crippen LogP) is 8.24. The van der Waals surface area contributed by atoms with E-state index in [9.17, 15) is 63.7 Å². The zero-order chi connectivity index (χ0) is 52.5. The molecule has 0 saturated heterocycles. The fraction of sp³-hybridized carbons (Fsp3) is 0.745. The lowest BCUT2D eigenvalue weighted by Crippen LogP contribution is -2.56. The summed E-state index contributed by atoms with van der Waals surface area (Å²) in [4.78, 5) is 70.6. The van der Waals surface area contributed by atoms with Gasteiger partial charge in [0.15, 0.2) is 11.9 Å². The highest BCUT2D eigenvalue weighted by molar-refractivity contribution is 7.47. The van der Waals surface area contributed by atoms with Gasteiger partial charge in [0, 0.05) is 18.8 Å². The number of esters is 2. The van der Waals surface area contributed by atoms with Crippen LogP contribution in [-0.4, -0.2) is 120 Å². The van der Waals surface area contributed by atoms with E-state index in [2.05, 4.69) is 31.2 Å². The number of allylic oxidation sites excluding steroid dienone is 7. The smallest absolute Gasteiger partial charge is 0.462 e. The molecule has 1 heterocycles. The number of hydrogen-bond acceptors (Lipinski definition) is 15. The third-order valence-corrected chi connectivity index (χ3v) is 13.8. The summed E-state index contributed by atoms with van der Waals surface area (Å²) in [5.74, 6) is -5.31. The van der Waals surface area contributed by atoms with Gasteiger partial charge in [-0.2, -0.15) is 0 Å². The zero-order valence-electron chi connectivity index (χ0n) is 42.0. The number of carbonyl (C=O) groups is 3. The zero-order valence-corrected chi connectivity index (χ0v) is 43.8. The molecule has 2 bridgehead atoms. The van der Waals surface area contributed by atoms with Crippen molar-refractivity contribution < 1.29 is 86.8 Å². The lowest BCUT2D eigenvalue weighted by molar-refractivity contribution is -0.163. The molecule has 11 atom stereocenters. The summed E-state index contributed by atoms with van der Waals surface area (Å²) >= 11 is 0. The average molecular weight is 1050 g/mol. The van der Waals surface area contributed by atoms with Crippen LogP contribution >= 0.6 is 15.6 Å². The van der Waals surface area contributed by atoms with Crippen molar-refractivity contribution in [1.29, 1.82) is 0 Å². The number of cyclic esters (lactones) is 1. The molecule has 1 aliphatic carbocycles. The summed E-state index contributed by atoms with van der Waals surface area (Å²) in [5.41, 5.74) is 0. The maximum absolute atomic E-state index is 13.8. The third kappa shape index (κ3) is 29.1. The van der Waals surface area contributed by atoms with Gasteiger partial charge in [0.1, 0.15) is 31.0 Å². The SMILES string of the molecule is CCCCC/C=C\C/C=C\CCCCCCCCCCCC(=O)O[C@@H]1COC(=O)CCC/C=C\C[C@H]2/C=C\C(=O)[C@H](/C=C/[C@@H](O)CCCCC)[C@@H](O)[C@@H](OP(=O)(O)O)[C@@H](OP(=O)(O)OC1)[C@H](O)[C@@H](O)[C@@H]2O. The van der Waals surface area contributed by atoms with Crippen LogP contribution in [0.1, 0.15) is 168 Å². The lowest BCUT2D eigenvalue weighted by atomic mass is 9.87. The van der Waals surface area contributed by atoms with Crippen LogP contribution in [0.3, 0.4) is 0 Å². The van der Waals surface area contributed by atoms with E-state index in [1.165, 1.54) is 37.8 Å². The van der Waals surface area contributed by atoms with Gasteiger partial charge < -0.3 is 49.7 Å². The van der Waals surface area contributed by atoms with E-state index in [4.69, 9.17) is 23.0 Å². The highest BCUT2D eigenvalue weighted by Gasteiger charge is 2.50. The maximum atomic E-state index is 13.8. The van der Waals surface area contributed by atoms with Gasteiger partial charge in [0.2, 0.25) is 0 Å². The van der Waals surface area contributed by atoms with E-state index >= 15 is 0 Å². The van der Waals surface area contributed by atoms with Gasteiger partial charge in [0.25, 0.3) is 0 Å². The van der Waals surface area contributed by atoms with Gasteiger partial charge in [0.05, 0.1) is 30.8 Å². The Bertz CT molecular complexity index is 1740. The number of hydrogen-bond donors (Lipinski definition) is 8. The fourth-order valence-corrected chi connectivity index (χ4v) is 9.67. The van der Waals surface area contributed by atoms with Crippen molar-refractivity contribution in [2.75, 3.05) is 13.2 Å². The van der Waals surface area contributed by atoms with Gasteiger partial charge >= 0.3 is 27.6 Å². The topological polar surface area (TPSA) is 293 Å². The molecule has 0 radical (unpaired) electrons. The molecular formula is C51H86O18P2. The Hall–Kier alpha value is -2.67. The van der Waals surface area contributed by atoms with E-state index in [-0.39, 0.29) is 25.7 Å². The summed E-state index contributed by atoms with van der Waals surface area (Å²) in [6.07, 6.45) is 18.2. The van der Waals surface area contributed by atoms with Crippen LogP contribution in [-0.2, 0) is 46.6 Å². The molecular weight excluding hydrogens is 962 g/mol. The fourth-order valence-electron chi connectivity index (χ4n) is 8.14. The second kappa shape index (κ2) is 37.1. The van der Waals surface area contributed by atoms with Crippen molar-refractivity contribution in [3.63, 3.8) is 0 Å². The van der Waals surface area contributed by atoms with E-state index in [0.717, 1.165) is 89.2 Å². The highest BCUT2D eigenvalue weighted by atomic mass is 31.2. The molecule has 1 unspecified atom stereocenters.